The van der Waals surface area contributed by atoms with Gasteiger partial charge < -0.3 is 8.98 Å². The highest BCUT2D eigenvalue weighted by Gasteiger charge is 2.16. The first-order chi connectivity index (χ1) is 24.8. The highest BCUT2D eigenvalue weighted by atomic mass is 16.3. The average molecular weight is 641 g/mol. The van der Waals surface area contributed by atoms with Gasteiger partial charge in [-0.05, 0) is 59.7 Å². The van der Waals surface area contributed by atoms with Gasteiger partial charge in [-0.15, -0.1) is 0 Å². The SMILES string of the molecule is c1ccc(-c2nc(-c3ccccc3)nc(-c3ccc4c(c3)oc3cc(-c5ccc(-n6c7ccccc7c7ccccc76)cc5)ccc34)n2)cc1. The van der Waals surface area contributed by atoms with Gasteiger partial charge in [0.25, 0.3) is 0 Å². The molecule has 0 saturated carbocycles. The van der Waals surface area contributed by atoms with E-state index in [2.05, 4.69) is 108 Å². The maximum atomic E-state index is 6.51. The lowest BCUT2D eigenvalue weighted by Gasteiger charge is -2.09. The van der Waals surface area contributed by atoms with E-state index < -0.39 is 0 Å². The van der Waals surface area contributed by atoms with E-state index in [1.54, 1.807) is 0 Å². The van der Waals surface area contributed by atoms with Crippen LogP contribution in [0.3, 0.4) is 0 Å². The van der Waals surface area contributed by atoms with Crippen molar-refractivity contribution in [1.82, 2.24) is 19.5 Å². The number of hydrogen-bond acceptors (Lipinski definition) is 4. The van der Waals surface area contributed by atoms with E-state index in [-0.39, 0.29) is 0 Å². The molecule has 0 aliphatic rings. The van der Waals surface area contributed by atoms with E-state index in [1.807, 2.05) is 66.7 Å². The number of benzene rings is 7. The number of nitrogens with zero attached hydrogens (tertiary/aromatic N) is 4. The Morgan fingerprint density at radius 2 is 0.780 bits per heavy atom. The predicted octanol–water partition coefficient (Wildman–Crippen LogP) is 11.5. The van der Waals surface area contributed by atoms with Crippen molar-refractivity contribution in [3.63, 3.8) is 0 Å². The van der Waals surface area contributed by atoms with Gasteiger partial charge in [0.1, 0.15) is 11.2 Å². The van der Waals surface area contributed by atoms with E-state index in [4.69, 9.17) is 19.4 Å². The lowest BCUT2D eigenvalue weighted by molar-refractivity contribution is 0.669. The third-order valence-corrected chi connectivity index (χ3v) is 9.47. The standard InChI is InChI=1S/C45H28N4O/c1-3-11-30(12-4-1)43-46-44(31-13-5-2-6-14-31)48-45(47-43)33-22-26-38-37-25-21-32(27-41(37)50-42(38)28-33)29-19-23-34(24-20-29)49-39-17-9-7-15-35(39)36-16-8-10-18-40(36)49/h1-28H. The zero-order chi connectivity index (χ0) is 33.0. The molecular weight excluding hydrogens is 613 g/mol. The molecule has 0 spiro atoms. The van der Waals surface area contributed by atoms with Gasteiger partial charge in [0.15, 0.2) is 17.5 Å². The van der Waals surface area contributed by atoms with Crippen molar-refractivity contribution in [2.24, 2.45) is 0 Å². The zero-order valence-corrected chi connectivity index (χ0v) is 26.9. The van der Waals surface area contributed by atoms with Gasteiger partial charge in [-0.1, -0.05) is 121 Å². The second kappa shape index (κ2) is 11.4. The Labute approximate surface area is 287 Å². The predicted molar refractivity (Wildman–Crippen MR) is 203 cm³/mol. The van der Waals surface area contributed by atoms with Gasteiger partial charge in [-0.25, -0.2) is 15.0 Å². The lowest BCUT2D eigenvalue weighted by atomic mass is 10.0. The number of para-hydroxylation sites is 2. The van der Waals surface area contributed by atoms with Crippen LogP contribution < -0.4 is 0 Å². The molecule has 3 heterocycles. The summed E-state index contributed by atoms with van der Waals surface area (Å²) >= 11 is 0. The summed E-state index contributed by atoms with van der Waals surface area (Å²) in [5.41, 5.74) is 10.1. The second-order valence-electron chi connectivity index (χ2n) is 12.5. The van der Waals surface area contributed by atoms with Crippen molar-refractivity contribution in [2.45, 2.75) is 0 Å². The van der Waals surface area contributed by atoms with Crippen LogP contribution in [-0.4, -0.2) is 19.5 Å². The Bertz CT molecular complexity index is 2740. The summed E-state index contributed by atoms with van der Waals surface area (Å²) in [6.45, 7) is 0. The maximum Gasteiger partial charge on any atom is 0.164 e. The van der Waals surface area contributed by atoms with Gasteiger partial charge in [-0.2, -0.15) is 0 Å². The number of aromatic nitrogens is 4. The van der Waals surface area contributed by atoms with E-state index in [0.29, 0.717) is 17.5 Å². The molecule has 5 nitrogen and oxygen atoms in total. The molecule has 0 radical (unpaired) electrons. The molecule has 0 amide bonds. The van der Waals surface area contributed by atoms with E-state index in [9.17, 15) is 0 Å². The Morgan fingerprint density at radius 1 is 0.340 bits per heavy atom. The molecule has 0 unspecified atom stereocenters. The largest absolute Gasteiger partial charge is 0.456 e. The molecule has 0 aliphatic carbocycles. The third kappa shape index (κ3) is 4.67. The van der Waals surface area contributed by atoms with Gasteiger partial charge in [0.2, 0.25) is 0 Å². The van der Waals surface area contributed by atoms with Crippen LogP contribution in [0.15, 0.2) is 174 Å². The summed E-state index contributed by atoms with van der Waals surface area (Å²) in [7, 11) is 0. The fraction of sp³-hybridized carbons (Fsp3) is 0. The Balaban J connectivity index is 1.03. The lowest BCUT2D eigenvalue weighted by Crippen LogP contribution is -2.00. The minimum Gasteiger partial charge on any atom is -0.456 e. The van der Waals surface area contributed by atoms with Crippen LogP contribution in [0.2, 0.25) is 0 Å². The van der Waals surface area contributed by atoms with Crippen molar-refractivity contribution >= 4 is 43.7 Å². The van der Waals surface area contributed by atoms with E-state index >= 15 is 0 Å². The zero-order valence-electron chi connectivity index (χ0n) is 26.9. The average Bonchev–Trinajstić information content (AvgIpc) is 3.73. The normalized spacial score (nSPS) is 11.6. The minimum atomic E-state index is 0.601. The molecule has 234 valence electrons. The highest BCUT2D eigenvalue weighted by Crippen LogP contribution is 2.36. The summed E-state index contributed by atoms with van der Waals surface area (Å²) in [5.74, 6) is 1.87. The van der Waals surface area contributed by atoms with Crippen LogP contribution in [-0.2, 0) is 0 Å². The van der Waals surface area contributed by atoms with Gasteiger partial charge in [0.05, 0.1) is 11.0 Å². The molecule has 5 heteroatoms. The van der Waals surface area contributed by atoms with E-state index in [0.717, 1.165) is 55.4 Å². The molecule has 0 aliphatic heterocycles. The molecule has 0 N–H and O–H groups in total. The second-order valence-corrected chi connectivity index (χ2v) is 12.5. The van der Waals surface area contributed by atoms with E-state index in [1.165, 1.54) is 21.8 Å². The monoisotopic (exact) mass is 640 g/mol. The fourth-order valence-electron chi connectivity index (χ4n) is 7.04. The first-order valence-electron chi connectivity index (χ1n) is 16.7. The Kier molecular flexibility index (Phi) is 6.42. The van der Waals surface area contributed by atoms with Gasteiger partial charge >= 0.3 is 0 Å². The molecule has 3 aromatic heterocycles. The summed E-state index contributed by atoms with van der Waals surface area (Å²) in [5, 5.41) is 4.64. The first-order valence-corrected chi connectivity index (χ1v) is 16.7. The smallest absolute Gasteiger partial charge is 0.164 e. The molecule has 0 atom stereocenters. The van der Waals surface area contributed by atoms with Crippen LogP contribution in [0, 0.1) is 0 Å². The van der Waals surface area contributed by atoms with Gasteiger partial charge in [0, 0.05) is 43.9 Å². The number of rotatable bonds is 5. The van der Waals surface area contributed by atoms with Crippen molar-refractivity contribution in [1.29, 1.82) is 0 Å². The summed E-state index contributed by atoms with van der Waals surface area (Å²) in [4.78, 5) is 14.6. The molecule has 10 rings (SSSR count). The molecule has 0 fully saturated rings. The number of hydrogen-bond donors (Lipinski definition) is 0. The minimum absolute atomic E-state index is 0.601. The third-order valence-electron chi connectivity index (χ3n) is 9.47. The van der Waals surface area contributed by atoms with Crippen molar-refractivity contribution in [2.75, 3.05) is 0 Å². The maximum absolute atomic E-state index is 6.51. The summed E-state index contributed by atoms with van der Waals surface area (Å²) < 4.78 is 8.85. The van der Waals surface area contributed by atoms with Crippen LogP contribution >= 0.6 is 0 Å². The first kappa shape index (κ1) is 28.2. The molecular formula is C45H28N4O. The topological polar surface area (TPSA) is 56.7 Å². The molecule has 0 saturated heterocycles. The van der Waals surface area contributed by atoms with Crippen LogP contribution in [0.5, 0.6) is 0 Å². The number of furan rings is 1. The van der Waals surface area contributed by atoms with Crippen LogP contribution in [0.1, 0.15) is 0 Å². The molecule has 7 aromatic carbocycles. The van der Waals surface area contributed by atoms with Crippen molar-refractivity contribution in [3.05, 3.63) is 170 Å². The Morgan fingerprint density at radius 3 is 1.34 bits per heavy atom. The Hall–Kier alpha value is -6.85. The fourth-order valence-corrected chi connectivity index (χ4v) is 7.04. The summed E-state index contributed by atoms with van der Waals surface area (Å²) in [6, 6.07) is 58.7. The van der Waals surface area contributed by atoms with Gasteiger partial charge in [-0.3, -0.25) is 0 Å². The van der Waals surface area contributed by atoms with Crippen LogP contribution in [0.4, 0.5) is 0 Å². The van der Waals surface area contributed by atoms with Crippen molar-refractivity contribution in [3.8, 4) is 51.0 Å². The molecule has 50 heavy (non-hydrogen) atoms. The highest BCUT2D eigenvalue weighted by molar-refractivity contribution is 6.09. The number of fused-ring (bicyclic) bond motifs is 6. The molecule has 0 bridgehead atoms. The quantitative estimate of drug-likeness (QED) is 0.188. The van der Waals surface area contributed by atoms with Crippen LogP contribution in [0.25, 0.3) is 94.7 Å². The summed E-state index contributed by atoms with van der Waals surface area (Å²) in [6.07, 6.45) is 0. The van der Waals surface area contributed by atoms with Crippen molar-refractivity contribution < 1.29 is 4.42 Å². The molecule has 10 aromatic rings.